The molecule has 1 fully saturated rings. The number of nitrogens with zero attached hydrogens (tertiary/aromatic N) is 4. The highest BCUT2D eigenvalue weighted by Crippen LogP contribution is 2.42. The van der Waals surface area contributed by atoms with E-state index in [0.29, 0.717) is 23.8 Å². The number of rotatable bonds is 8. The van der Waals surface area contributed by atoms with Crippen LogP contribution in [0.4, 0.5) is 5.69 Å². The highest BCUT2D eigenvalue weighted by atomic mass is 32.1. The first-order valence-corrected chi connectivity index (χ1v) is 11.4. The van der Waals surface area contributed by atoms with Crippen LogP contribution >= 0.6 is 12.2 Å². The number of methoxy groups -OCH3 is 1. The smallest absolute Gasteiger partial charge is 0.273 e. The van der Waals surface area contributed by atoms with E-state index in [2.05, 4.69) is 21.3 Å². The topological polar surface area (TPSA) is 106 Å². The molecule has 1 aromatic carbocycles. The summed E-state index contributed by atoms with van der Waals surface area (Å²) in [7, 11) is 1.50. The Bertz CT molecular complexity index is 1210. The first-order valence-electron chi connectivity index (χ1n) is 11.0. The van der Waals surface area contributed by atoms with E-state index < -0.39 is 4.92 Å². The normalized spacial score (nSPS) is 17.6. The van der Waals surface area contributed by atoms with Gasteiger partial charge in [-0.25, -0.2) is 0 Å². The van der Waals surface area contributed by atoms with Gasteiger partial charge >= 0.3 is 0 Å². The van der Waals surface area contributed by atoms with E-state index in [9.17, 15) is 15.2 Å². The average Bonchev–Trinajstić information content (AvgIpc) is 3.32. The number of pyridine rings is 1. The van der Waals surface area contributed by atoms with Crippen molar-refractivity contribution in [3.05, 3.63) is 81.4 Å². The van der Waals surface area contributed by atoms with Crippen LogP contribution in [0.3, 0.4) is 0 Å². The van der Waals surface area contributed by atoms with Gasteiger partial charge in [0.1, 0.15) is 5.75 Å². The molecule has 1 saturated heterocycles. The van der Waals surface area contributed by atoms with Crippen molar-refractivity contribution in [2.24, 2.45) is 0 Å². The molecular formula is C24H27N5O4S. The van der Waals surface area contributed by atoms with E-state index >= 15 is 0 Å². The van der Waals surface area contributed by atoms with Crippen LogP contribution < -0.4 is 10.1 Å². The molecular weight excluding hydrogens is 454 g/mol. The fourth-order valence-electron chi connectivity index (χ4n) is 4.65. The summed E-state index contributed by atoms with van der Waals surface area (Å²) < 4.78 is 7.55. The third-order valence-corrected chi connectivity index (χ3v) is 6.51. The van der Waals surface area contributed by atoms with Crippen molar-refractivity contribution in [2.45, 2.75) is 32.4 Å². The molecule has 0 bridgehead atoms. The molecule has 2 aromatic heterocycles. The zero-order valence-corrected chi connectivity index (χ0v) is 20.1. The van der Waals surface area contributed by atoms with E-state index in [-0.39, 0.29) is 24.4 Å². The van der Waals surface area contributed by atoms with Gasteiger partial charge in [-0.3, -0.25) is 15.1 Å². The van der Waals surface area contributed by atoms with Crippen LogP contribution in [0.2, 0.25) is 0 Å². The van der Waals surface area contributed by atoms with Gasteiger partial charge in [0.05, 0.1) is 41.6 Å². The first kappa shape index (κ1) is 23.7. The quantitative estimate of drug-likeness (QED) is 0.285. The van der Waals surface area contributed by atoms with Gasteiger partial charge in [0.15, 0.2) is 5.11 Å². The zero-order valence-electron chi connectivity index (χ0n) is 19.3. The maximum Gasteiger partial charge on any atom is 0.273 e. The number of hydrogen-bond donors (Lipinski definition) is 2. The highest BCUT2D eigenvalue weighted by Gasteiger charge is 2.41. The standard InChI is InChI=1S/C24H27N5O4S/c1-15-13-18(16(2)28(15)20-9-8-17(29(31)32)14-21(20)33-3)23-22(19-7-4-5-10-25-19)26-24(34)27(23)11-6-12-30/h4-5,7-10,13-14,22-23,30H,6,11-12H2,1-3H3,(H,26,34)/t22-,23-/m0/s1. The Hall–Kier alpha value is -3.50. The van der Waals surface area contributed by atoms with Crippen molar-refractivity contribution in [3.63, 3.8) is 0 Å². The lowest BCUT2D eigenvalue weighted by Gasteiger charge is -2.28. The molecule has 34 heavy (non-hydrogen) atoms. The molecule has 3 heterocycles. The second kappa shape index (κ2) is 9.78. The molecule has 2 atom stereocenters. The van der Waals surface area contributed by atoms with Gasteiger partial charge in [-0.2, -0.15) is 0 Å². The minimum absolute atomic E-state index is 0.0287. The van der Waals surface area contributed by atoms with Crippen LogP contribution in [-0.4, -0.2) is 49.9 Å². The van der Waals surface area contributed by atoms with E-state index in [1.54, 1.807) is 12.3 Å². The lowest BCUT2D eigenvalue weighted by molar-refractivity contribution is -0.384. The summed E-state index contributed by atoms with van der Waals surface area (Å²) in [6, 6.07) is 12.2. The van der Waals surface area contributed by atoms with Crippen LogP contribution in [-0.2, 0) is 0 Å². The Kier molecular flexibility index (Phi) is 6.80. The largest absolute Gasteiger partial charge is 0.494 e. The number of aliphatic hydroxyl groups is 1. The van der Waals surface area contributed by atoms with Crippen LogP contribution in [0.15, 0.2) is 48.7 Å². The summed E-state index contributed by atoms with van der Waals surface area (Å²) in [5.41, 5.74) is 4.55. The van der Waals surface area contributed by atoms with Crippen molar-refractivity contribution in [2.75, 3.05) is 20.3 Å². The van der Waals surface area contributed by atoms with Crippen molar-refractivity contribution in [3.8, 4) is 11.4 Å². The first-order chi connectivity index (χ1) is 16.4. The third-order valence-electron chi connectivity index (χ3n) is 6.16. The van der Waals surface area contributed by atoms with E-state index in [0.717, 1.165) is 28.3 Å². The summed E-state index contributed by atoms with van der Waals surface area (Å²) in [6.45, 7) is 4.68. The number of hydrogen-bond acceptors (Lipinski definition) is 6. The second-order valence-corrected chi connectivity index (χ2v) is 8.56. The van der Waals surface area contributed by atoms with Crippen molar-refractivity contribution in [1.29, 1.82) is 0 Å². The van der Waals surface area contributed by atoms with E-state index in [1.165, 1.54) is 19.2 Å². The molecule has 10 heteroatoms. The highest BCUT2D eigenvalue weighted by molar-refractivity contribution is 7.80. The monoisotopic (exact) mass is 481 g/mol. The van der Waals surface area contributed by atoms with Gasteiger partial charge < -0.3 is 24.6 Å². The molecule has 4 rings (SSSR count). The number of benzene rings is 1. The molecule has 0 spiro atoms. The Morgan fingerprint density at radius 2 is 2.06 bits per heavy atom. The van der Waals surface area contributed by atoms with Crippen LogP contribution in [0.1, 0.15) is 41.1 Å². The zero-order chi connectivity index (χ0) is 24.4. The summed E-state index contributed by atoms with van der Waals surface area (Å²) in [5, 5.41) is 24.7. The van der Waals surface area contributed by atoms with Crippen LogP contribution in [0.5, 0.6) is 5.75 Å². The molecule has 178 valence electrons. The van der Waals surface area contributed by atoms with Crippen LogP contribution in [0, 0.1) is 24.0 Å². The number of aromatic nitrogens is 2. The minimum atomic E-state index is -0.436. The SMILES string of the molecule is COc1cc([N+](=O)[O-])ccc1-n1c(C)cc([C@H]2[C@H](c3ccccn3)NC(=S)N2CCCO)c1C. The fourth-order valence-corrected chi connectivity index (χ4v) is 4.98. The average molecular weight is 482 g/mol. The van der Waals surface area contributed by atoms with Gasteiger partial charge in [0.2, 0.25) is 0 Å². The summed E-state index contributed by atoms with van der Waals surface area (Å²) in [5.74, 6) is 0.418. The number of aliphatic hydroxyl groups excluding tert-OH is 1. The number of nitro benzene ring substituents is 1. The molecule has 0 radical (unpaired) electrons. The maximum atomic E-state index is 11.2. The molecule has 9 nitrogen and oxygen atoms in total. The lowest BCUT2D eigenvalue weighted by Crippen LogP contribution is -2.31. The lowest BCUT2D eigenvalue weighted by atomic mass is 9.96. The van der Waals surface area contributed by atoms with Gasteiger partial charge in [0, 0.05) is 36.8 Å². The number of thiocarbonyl (C=S) groups is 1. The number of non-ortho nitro benzene ring substituents is 1. The molecule has 0 aliphatic carbocycles. The maximum absolute atomic E-state index is 11.2. The number of aryl methyl sites for hydroxylation is 1. The Morgan fingerprint density at radius 1 is 1.26 bits per heavy atom. The van der Waals surface area contributed by atoms with Crippen molar-refractivity contribution >= 4 is 23.0 Å². The minimum Gasteiger partial charge on any atom is -0.494 e. The summed E-state index contributed by atoms with van der Waals surface area (Å²) >= 11 is 5.68. The molecule has 0 saturated carbocycles. The van der Waals surface area contributed by atoms with Gasteiger partial charge in [-0.1, -0.05) is 6.07 Å². The number of nitro groups is 1. The predicted molar refractivity (Wildman–Crippen MR) is 132 cm³/mol. The molecule has 2 N–H and O–H groups in total. The summed E-state index contributed by atoms with van der Waals surface area (Å²) in [6.07, 6.45) is 2.35. The Morgan fingerprint density at radius 3 is 2.71 bits per heavy atom. The van der Waals surface area contributed by atoms with Gasteiger partial charge in [0.25, 0.3) is 5.69 Å². The number of nitrogens with one attached hydrogen (secondary N) is 1. The van der Waals surface area contributed by atoms with Gasteiger partial charge in [-0.05, 0) is 62.3 Å². The Labute approximate surface area is 203 Å². The number of ether oxygens (including phenoxy) is 1. The molecule has 0 unspecified atom stereocenters. The Balaban J connectivity index is 1.84. The molecule has 3 aromatic rings. The predicted octanol–water partition coefficient (Wildman–Crippen LogP) is 3.76. The van der Waals surface area contributed by atoms with E-state index in [4.69, 9.17) is 17.0 Å². The van der Waals surface area contributed by atoms with Crippen molar-refractivity contribution in [1.82, 2.24) is 19.8 Å². The molecule has 1 aliphatic rings. The van der Waals surface area contributed by atoms with Crippen LogP contribution in [0.25, 0.3) is 5.69 Å². The fraction of sp³-hybridized carbons (Fsp3) is 0.333. The van der Waals surface area contributed by atoms with Crippen molar-refractivity contribution < 1.29 is 14.8 Å². The third kappa shape index (κ3) is 4.22. The molecule has 1 aliphatic heterocycles. The van der Waals surface area contributed by atoms with Gasteiger partial charge in [-0.15, -0.1) is 0 Å². The summed E-state index contributed by atoms with van der Waals surface area (Å²) in [4.78, 5) is 17.5. The second-order valence-electron chi connectivity index (χ2n) is 8.17. The van der Waals surface area contributed by atoms with E-state index in [1.807, 2.05) is 36.6 Å². The molecule has 0 amide bonds.